The Kier molecular flexibility index (Phi) is 7.18. The number of fused-ring (bicyclic) bond motifs is 2. The molecule has 1 unspecified atom stereocenters. The summed E-state index contributed by atoms with van der Waals surface area (Å²) in [7, 11) is -4.02. The zero-order valence-electron chi connectivity index (χ0n) is 20.4. The summed E-state index contributed by atoms with van der Waals surface area (Å²) in [6, 6.07) is 10.7. The molecule has 2 aromatic carbocycles. The van der Waals surface area contributed by atoms with Gasteiger partial charge < -0.3 is 23.9 Å². The van der Waals surface area contributed by atoms with E-state index in [-0.39, 0.29) is 41.8 Å². The lowest BCUT2D eigenvalue weighted by atomic mass is 10.1. The summed E-state index contributed by atoms with van der Waals surface area (Å²) in [6.45, 7) is 3.29. The minimum absolute atomic E-state index is 0.00961. The van der Waals surface area contributed by atoms with Crippen molar-refractivity contribution < 1.29 is 32.2 Å². The molecule has 1 atom stereocenters. The van der Waals surface area contributed by atoms with E-state index < -0.39 is 21.6 Å². The first-order chi connectivity index (χ1) is 17.8. The summed E-state index contributed by atoms with van der Waals surface area (Å²) < 4.78 is 50.6. The van der Waals surface area contributed by atoms with Gasteiger partial charge in [-0.25, -0.2) is 13.2 Å². The van der Waals surface area contributed by atoms with E-state index in [1.807, 2.05) is 0 Å². The zero-order chi connectivity index (χ0) is 26.0. The number of pyridine rings is 1. The summed E-state index contributed by atoms with van der Waals surface area (Å²) in [5.74, 6) is 0.597. The molecule has 3 aromatic rings. The van der Waals surface area contributed by atoms with E-state index >= 15 is 0 Å². The highest BCUT2D eigenvalue weighted by molar-refractivity contribution is 7.89. The maximum atomic E-state index is 13.7. The minimum Gasteiger partial charge on any atom is -0.486 e. The average molecular weight is 529 g/mol. The topological polar surface area (TPSA) is 124 Å². The number of benzene rings is 2. The van der Waals surface area contributed by atoms with Gasteiger partial charge in [-0.05, 0) is 56.2 Å². The van der Waals surface area contributed by atoms with Crippen LogP contribution in [0, 0.1) is 0 Å². The first-order valence-corrected chi connectivity index (χ1v) is 13.6. The summed E-state index contributed by atoms with van der Waals surface area (Å²) in [5, 5.41) is 0.701. The number of esters is 1. The summed E-state index contributed by atoms with van der Waals surface area (Å²) in [6.07, 6.45) is 1.30. The molecular weight excluding hydrogens is 500 g/mol. The van der Waals surface area contributed by atoms with E-state index in [9.17, 15) is 18.0 Å². The number of hydrogen-bond acceptors (Lipinski definition) is 8. The largest absolute Gasteiger partial charge is 0.486 e. The molecule has 37 heavy (non-hydrogen) atoms. The van der Waals surface area contributed by atoms with Gasteiger partial charge in [0.25, 0.3) is 5.56 Å². The molecule has 1 N–H and O–H groups in total. The van der Waals surface area contributed by atoms with E-state index in [1.165, 1.54) is 28.6 Å². The quantitative estimate of drug-likeness (QED) is 0.443. The number of H-pyrrole nitrogens is 1. The van der Waals surface area contributed by atoms with Gasteiger partial charge in [0.2, 0.25) is 10.0 Å². The highest BCUT2D eigenvalue weighted by atomic mass is 32.2. The maximum absolute atomic E-state index is 13.7. The number of carbonyl (C=O) groups excluding carboxylic acids is 1. The third kappa shape index (κ3) is 5.34. The van der Waals surface area contributed by atoms with Crippen molar-refractivity contribution in [3.8, 4) is 11.5 Å². The van der Waals surface area contributed by atoms with E-state index in [2.05, 4.69) is 4.98 Å². The molecule has 5 rings (SSSR count). The highest BCUT2D eigenvalue weighted by Crippen LogP contribution is 2.34. The molecule has 11 heteroatoms. The monoisotopic (exact) mass is 528 g/mol. The van der Waals surface area contributed by atoms with Crippen LogP contribution >= 0.6 is 0 Å². The third-order valence-corrected chi connectivity index (χ3v) is 8.19. The third-order valence-electron chi connectivity index (χ3n) is 6.37. The van der Waals surface area contributed by atoms with Gasteiger partial charge in [0.05, 0.1) is 28.7 Å². The molecule has 0 aliphatic carbocycles. The molecule has 0 saturated carbocycles. The molecular formula is C26H28N2O8S. The molecule has 1 aromatic heterocycles. The molecule has 2 aliphatic heterocycles. The molecule has 196 valence electrons. The minimum atomic E-state index is -4.02. The highest BCUT2D eigenvalue weighted by Gasteiger charge is 2.30. The van der Waals surface area contributed by atoms with Crippen LogP contribution in [0.15, 0.2) is 52.2 Å². The molecule has 1 saturated heterocycles. The van der Waals surface area contributed by atoms with Crippen molar-refractivity contribution in [2.45, 2.75) is 37.3 Å². The van der Waals surface area contributed by atoms with Crippen LogP contribution in [0.2, 0.25) is 0 Å². The second-order valence-corrected chi connectivity index (χ2v) is 10.8. The SMILES string of the molecule is CCOC(=O)c1ccc(S(=O)(=O)N(Cc2cc3cc4c(cc3[nH]c2=O)OCCO4)CC2CCCO2)cc1. The Morgan fingerprint density at radius 3 is 2.49 bits per heavy atom. The number of nitrogens with zero attached hydrogens (tertiary/aromatic N) is 1. The molecule has 0 bridgehead atoms. The van der Waals surface area contributed by atoms with Crippen molar-refractivity contribution in [2.24, 2.45) is 0 Å². The number of sulfonamides is 1. The predicted octanol–water partition coefficient (Wildman–Crippen LogP) is 2.85. The second-order valence-electron chi connectivity index (χ2n) is 8.88. The van der Waals surface area contributed by atoms with Crippen molar-refractivity contribution in [1.29, 1.82) is 0 Å². The molecule has 0 amide bonds. The van der Waals surface area contributed by atoms with Gasteiger partial charge in [-0.15, -0.1) is 0 Å². The zero-order valence-corrected chi connectivity index (χ0v) is 21.2. The van der Waals surface area contributed by atoms with Crippen LogP contribution in [0.1, 0.15) is 35.7 Å². The molecule has 3 heterocycles. The summed E-state index contributed by atoms with van der Waals surface area (Å²) in [5.41, 5.74) is 0.719. The summed E-state index contributed by atoms with van der Waals surface area (Å²) in [4.78, 5) is 27.8. The Morgan fingerprint density at radius 2 is 1.81 bits per heavy atom. The van der Waals surface area contributed by atoms with Gasteiger partial charge in [-0.3, -0.25) is 4.79 Å². The Labute approximate surface area is 214 Å². The lowest BCUT2D eigenvalue weighted by Crippen LogP contribution is -2.38. The number of hydrogen-bond donors (Lipinski definition) is 1. The van der Waals surface area contributed by atoms with Crippen LogP contribution in [0.25, 0.3) is 10.9 Å². The van der Waals surface area contributed by atoms with Crippen molar-refractivity contribution in [2.75, 3.05) is 33.0 Å². The molecule has 10 nitrogen and oxygen atoms in total. The molecule has 2 aliphatic rings. The van der Waals surface area contributed by atoms with E-state index in [1.54, 1.807) is 25.1 Å². The van der Waals surface area contributed by atoms with Gasteiger partial charge in [-0.1, -0.05) is 0 Å². The maximum Gasteiger partial charge on any atom is 0.338 e. The molecule has 1 fully saturated rings. The normalized spacial score (nSPS) is 17.3. The summed E-state index contributed by atoms with van der Waals surface area (Å²) >= 11 is 0. The van der Waals surface area contributed by atoms with Crippen LogP contribution in [-0.4, -0.2) is 62.8 Å². The number of aromatic nitrogens is 1. The fourth-order valence-electron chi connectivity index (χ4n) is 4.49. The fourth-order valence-corrected chi connectivity index (χ4v) is 5.93. The number of aromatic amines is 1. The first-order valence-electron chi connectivity index (χ1n) is 12.2. The Hall–Kier alpha value is -3.41. The van der Waals surface area contributed by atoms with Crippen LogP contribution in [-0.2, 0) is 26.0 Å². The number of nitrogens with one attached hydrogen (secondary N) is 1. The lowest BCUT2D eigenvalue weighted by molar-refractivity contribution is 0.0526. The van der Waals surface area contributed by atoms with E-state index in [4.69, 9.17) is 18.9 Å². The Bertz CT molecular complexity index is 1460. The number of ether oxygens (including phenoxy) is 4. The van der Waals surface area contributed by atoms with Gasteiger partial charge in [0, 0.05) is 36.7 Å². The lowest BCUT2D eigenvalue weighted by Gasteiger charge is -2.25. The van der Waals surface area contributed by atoms with Gasteiger partial charge in [-0.2, -0.15) is 4.31 Å². The van der Waals surface area contributed by atoms with Crippen molar-refractivity contribution in [3.63, 3.8) is 0 Å². The van der Waals surface area contributed by atoms with Crippen LogP contribution in [0.4, 0.5) is 0 Å². The van der Waals surface area contributed by atoms with Crippen molar-refractivity contribution in [3.05, 3.63) is 63.9 Å². The van der Waals surface area contributed by atoms with Gasteiger partial charge >= 0.3 is 5.97 Å². The predicted molar refractivity (Wildman–Crippen MR) is 135 cm³/mol. The second kappa shape index (κ2) is 10.5. The Balaban J connectivity index is 1.48. The van der Waals surface area contributed by atoms with Crippen molar-refractivity contribution >= 4 is 26.9 Å². The standard InChI is InChI=1S/C26H28N2O8S/c1-2-33-26(30)17-5-7-21(8-6-17)37(31,32)28(16-20-4-3-9-34-20)15-19-12-18-13-23-24(36-11-10-35-23)14-22(18)27-25(19)29/h5-8,12-14,20H,2-4,9-11,15-16H2,1H3,(H,27,29). The van der Waals surface area contributed by atoms with E-state index in [0.29, 0.717) is 42.2 Å². The smallest absolute Gasteiger partial charge is 0.338 e. The number of rotatable bonds is 8. The van der Waals surface area contributed by atoms with E-state index in [0.717, 1.165) is 12.8 Å². The first kappa shape index (κ1) is 25.2. The number of carbonyl (C=O) groups is 1. The Morgan fingerprint density at radius 1 is 1.08 bits per heavy atom. The fraction of sp³-hybridized carbons (Fsp3) is 0.385. The van der Waals surface area contributed by atoms with Gasteiger partial charge in [0.15, 0.2) is 11.5 Å². The van der Waals surface area contributed by atoms with Gasteiger partial charge in [0.1, 0.15) is 13.2 Å². The molecule has 0 radical (unpaired) electrons. The van der Waals surface area contributed by atoms with Crippen LogP contribution in [0.5, 0.6) is 11.5 Å². The molecule has 0 spiro atoms. The van der Waals surface area contributed by atoms with Crippen LogP contribution < -0.4 is 15.0 Å². The average Bonchev–Trinajstić information content (AvgIpc) is 3.41. The van der Waals surface area contributed by atoms with Crippen molar-refractivity contribution in [1.82, 2.24) is 9.29 Å². The van der Waals surface area contributed by atoms with Crippen LogP contribution in [0.3, 0.4) is 0 Å².